The zero-order valence-electron chi connectivity index (χ0n) is 17.5. The summed E-state index contributed by atoms with van der Waals surface area (Å²) in [6, 6.07) is 24.3. The quantitative estimate of drug-likeness (QED) is 0.347. The van der Waals surface area contributed by atoms with E-state index in [-0.39, 0.29) is 5.82 Å². The second-order valence-electron chi connectivity index (χ2n) is 7.52. The van der Waals surface area contributed by atoms with Gasteiger partial charge < -0.3 is 9.73 Å². The van der Waals surface area contributed by atoms with Crippen LogP contribution >= 0.6 is 0 Å². The van der Waals surface area contributed by atoms with Crippen molar-refractivity contribution in [3.8, 4) is 17.1 Å². The van der Waals surface area contributed by atoms with E-state index < -0.39 is 0 Å². The molecule has 158 valence electrons. The van der Waals surface area contributed by atoms with Crippen LogP contribution in [0.4, 0.5) is 15.8 Å². The molecule has 0 aliphatic heterocycles. The molecule has 0 unspecified atom stereocenters. The fraction of sp³-hybridized carbons (Fsp3) is 0.0769. The van der Waals surface area contributed by atoms with Gasteiger partial charge in [-0.3, -0.25) is 0 Å². The van der Waals surface area contributed by atoms with E-state index in [1.165, 1.54) is 12.1 Å². The van der Waals surface area contributed by atoms with Gasteiger partial charge >= 0.3 is 0 Å². The largest absolute Gasteiger partial charge is 0.441 e. The first kappa shape index (κ1) is 19.8. The number of aromatic nitrogens is 3. The number of halogens is 1. The Bertz CT molecular complexity index is 1310. The second kappa shape index (κ2) is 8.51. The maximum absolute atomic E-state index is 13.1. The second-order valence-corrected chi connectivity index (χ2v) is 7.52. The summed E-state index contributed by atoms with van der Waals surface area (Å²) < 4.78 is 20.8. The summed E-state index contributed by atoms with van der Waals surface area (Å²) in [7, 11) is 0. The first-order valence-corrected chi connectivity index (χ1v) is 10.3. The van der Waals surface area contributed by atoms with E-state index >= 15 is 0 Å². The van der Waals surface area contributed by atoms with Gasteiger partial charge in [-0.1, -0.05) is 12.1 Å². The van der Waals surface area contributed by atoms with Crippen LogP contribution in [0.15, 0.2) is 95.7 Å². The lowest BCUT2D eigenvalue weighted by Crippen LogP contribution is -1.94. The molecule has 0 atom stereocenters. The van der Waals surface area contributed by atoms with Crippen LogP contribution in [-0.2, 0) is 6.42 Å². The smallest absolute Gasteiger partial charge is 0.226 e. The van der Waals surface area contributed by atoms with Crippen LogP contribution in [0.1, 0.15) is 17.0 Å². The zero-order valence-corrected chi connectivity index (χ0v) is 17.5. The Hall–Kier alpha value is -4.19. The molecule has 5 rings (SSSR count). The number of hydrogen-bond acceptors (Lipinski definition) is 4. The van der Waals surface area contributed by atoms with E-state index in [9.17, 15) is 4.39 Å². The average molecular weight is 424 g/mol. The van der Waals surface area contributed by atoms with Crippen molar-refractivity contribution in [3.63, 3.8) is 0 Å². The molecular weight excluding hydrogens is 403 g/mol. The third kappa shape index (κ3) is 4.30. The predicted octanol–water partition coefficient (Wildman–Crippen LogP) is 6.31. The van der Waals surface area contributed by atoms with Gasteiger partial charge in [0.1, 0.15) is 11.6 Å². The Morgan fingerprint density at radius 1 is 0.906 bits per heavy atom. The standard InChI is InChI=1S/C26H21FN4O/c1-18-25(17-19-3-9-22(10-4-19)29-23-11-7-21(27)8-12-23)30-26(32-18)20-5-13-24(14-6-20)31-16-2-15-28-31/h2-16,29H,17H2,1H3. The molecule has 1 N–H and O–H groups in total. The van der Waals surface area contributed by atoms with Gasteiger partial charge in [0, 0.05) is 35.8 Å². The van der Waals surface area contributed by atoms with Crippen LogP contribution in [0, 0.1) is 12.7 Å². The van der Waals surface area contributed by atoms with Gasteiger partial charge in [-0.15, -0.1) is 0 Å². The first-order valence-electron chi connectivity index (χ1n) is 10.3. The Kier molecular flexibility index (Phi) is 5.25. The maximum Gasteiger partial charge on any atom is 0.226 e. The van der Waals surface area contributed by atoms with Gasteiger partial charge in [-0.2, -0.15) is 5.10 Å². The molecule has 2 heterocycles. The average Bonchev–Trinajstić information content (AvgIpc) is 3.47. The summed E-state index contributed by atoms with van der Waals surface area (Å²) in [6.07, 6.45) is 4.34. The Morgan fingerprint density at radius 2 is 1.59 bits per heavy atom. The topological polar surface area (TPSA) is 55.9 Å². The van der Waals surface area contributed by atoms with Gasteiger partial charge in [-0.05, 0) is 79.2 Å². The predicted molar refractivity (Wildman–Crippen MR) is 123 cm³/mol. The van der Waals surface area contributed by atoms with E-state index in [0.29, 0.717) is 12.3 Å². The number of rotatable bonds is 6. The Morgan fingerprint density at radius 3 is 2.25 bits per heavy atom. The lowest BCUT2D eigenvalue weighted by Gasteiger charge is -2.07. The molecule has 0 fully saturated rings. The summed E-state index contributed by atoms with van der Waals surface area (Å²) in [6.45, 7) is 1.94. The van der Waals surface area contributed by atoms with E-state index in [2.05, 4.69) is 22.5 Å². The molecule has 0 amide bonds. The van der Waals surface area contributed by atoms with Crippen LogP contribution in [0.3, 0.4) is 0 Å². The van der Waals surface area contributed by atoms with Crippen molar-refractivity contribution in [1.29, 1.82) is 0 Å². The lowest BCUT2D eigenvalue weighted by molar-refractivity contribution is 0.540. The summed E-state index contributed by atoms with van der Waals surface area (Å²) in [5.41, 5.74) is 5.73. The summed E-state index contributed by atoms with van der Waals surface area (Å²) in [5, 5.41) is 7.51. The van der Waals surface area contributed by atoms with Crippen molar-refractivity contribution in [2.24, 2.45) is 0 Å². The highest BCUT2D eigenvalue weighted by atomic mass is 19.1. The molecule has 0 saturated carbocycles. The van der Waals surface area contributed by atoms with Crippen LogP contribution in [0.2, 0.25) is 0 Å². The minimum Gasteiger partial charge on any atom is -0.441 e. The SMILES string of the molecule is Cc1oc(-c2ccc(-n3cccn3)cc2)nc1Cc1ccc(Nc2ccc(F)cc2)cc1. The van der Waals surface area contributed by atoms with Crippen LogP contribution < -0.4 is 5.32 Å². The molecule has 0 radical (unpaired) electrons. The lowest BCUT2D eigenvalue weighted by atomic mass is 10.1. The van der Waals surface area contributed by atoms with E-state index in [1.807, 2.05) is 60.3 Å². The maximum atomic E-state index is 13.1. The van der Waals surface area contributed by atoms with Gasteiger partial charge in [0.2, 0.25) is 5.89 Å². The highest BCUT2D eigenvalue weighted by molar-refractivity contribution is 5.60. The van der Waals surface area contributed by atoms with Crippen LogP contribution in [0.5, 0.6) is 0 Å². The fourth-order valence-electron chi connectivity index (χ4n) is 3.49. The zero-order chi connectivity index (χ0) is 21.9. The molecule has 0 spiro atoms. The summed E-state index contributed by atoms with van der Waals surface area (Å²) in [5.74, 6) is 1.17. The number of oxazole rings is 1. The molecule has 5 nitrogen and oxygen atoms in total. The Balaban J connectivity index is 1.28. The highest BCUT2D eigenvalue weighted by Crippen LogP contribution is 2.25. The van der Waals surface area contributed by atoms with Crippen molar-refractivity contribution in [2.75, 3.05) is 5.32 Å². The number of nitrogens with one attached hydrogen (secondary N) is 1. The third-order valence-corrected chi connectivity index (χ3v) is 5.23. The monoisotopic (exact) mass is 424 g/mol. The number of aryl methyl sites for hydroxylation is 1. The van der Waals surface area contributed by atoms with Crippen molar-refractivity contribution in [3.05, 3.63) is 114 Å². The number of benzene rings is 3. The van der Waals surface area contributed by atoms with E-state index in [4.69, 9.17) is 9.40 Å². The van der Waals surface area contributed by atoms with E-state index in [1.54, 1.807) is 18.3 Å². The summed E-state index contributed by atoms with van der Waals surface area (Å²) >= 11 is 0. The van der Waals surface area contributed by atoms with Gasteiger partial charge in [0.15, 0.2) is 0 Å². The minimum absolute atomic E-state index is 0.248. The molecule has 2 aromatic heterocycles. The van der Waals surface area contributed by atoms with Gasteiger partial charge in [-0.25, -0.2) is 14.1 Å². The number of hydrogen-bond donors (Lipinski definition) is 1. The van der Waals surface area contributed by atoms with Gasteiger partial charge in [0.05, 0.1) is 11.4 Å². The van der Waals surface area contributed by atoms with Crippen LogP contribution in [-0.4, -0.2) is 14.8 Å². The van der Waals surface area contributed by atoms with Crippen molar-refractivity contribution < 1.29 is 8.81 Å². The van der Waals surface area contributed by atoms with Crippen LogP contribution in [0.25, 0.3) is 17.1 Å². The summed E-state index contributed by atoms with van der Waals surface area (Å²) in [4.78, 5) is 4.73. The third-order valence-electron chi connectivity index (χ3n) is 5.23. The molecule has 3 aromatic carbocycles. The van der Waals surface area contributed by atoms with Crippen molar-refractivity contribution >= 4 is 11.4 Å². The molecule has 0 aliphatic carbocycles. The van der Waals surface area contributed by atoms with Crippen molar-refractivity contribution in [1.82, 2.24) is 14.8 Å². The molecular formula is C26H21FN4O. The van der Waals surface area contributed by atoms with E-state index in [0.717, 1.165) is 39.6 Å². The fourth-order valence-corrected chi connectivity index (χ4v) is 3.49. The number of anilines is 2. The Labute approximate surface area is 185 Å². The first-order chi connectivity index (χ1) is 15.6. The molecule has 6 heteroatoms. The van der Waals surface area contributed by atoms with Crippen molar-refractivity contribution in [2.45, 2.75) is 13.3 Å². The normalized spacial score (nSPS) is 10.9. The molecule has 0 aliphatic rings. The highest BCUT2D eigenvalue weighted by Gasteiger charge is 2.12. The van der Waals surface area contributed by atoms with Gasteiger partial charge in [0.25, 0.3) is 0 Å². The molecule has 0 saturated heterocycles. The molecule has 5 aromatic rings. The minimum atomic E-state index is -0.248. The molecule has 32 heavy (non-hydrogen) atoms. The number of nitrogens with zero attached hydrogens (tertiary/aromatic N) is 3. The molecule has 0 bridgehead atoms.